The quantitative estimate of drug-likeness (QED) is 0.596. The molecular formula is C8H10O2W. The van der Waals surface area contributed by atoms with E-state index in [-0.39, 0.29) is 28.5 Å². The zero-order chi connectivity index (χ0) is 6.69. The molecule has 2 nitrogen and oxygen atoms in total. The molecule has 11 heavy (non-hydrogen) atoms. The molecule has 0 fully saturated rings. The van der Waals surface area contributed by atoms with E-state index in [0.29, 0.717) is 5.56 Å². The first-order chi connectivity index (χ1) is 4.30. The van der Waals surface area contributed by atoms with Crippen molar-refractivity contribution in [3.05, 3.63) is 43.3 Å². The number of rotatable bonds is 1. The fourth-order valence-electron chi connectivity index (χ4n) is 0.572. The van der Waals surface area contributed by atoms with E-state index < -0.39 is 6.29 Å². The molecule has 0 spiro atoms. The average molecular weight is 322 g/mol. The maximum absolute atomic E-state index is 8.57. The fraction of sp³-hybridized carbons (Fsp3) is 0.125. The van der Waals surface area contributed by atoms with Crippen LogP contribution in [0.5, 0.6) is 0 Å². The van der Waals surface area contributed by atoms with Crippen LogP contribution in [0.2, 0.25) is 0 Å². The minimum Gasteiger partial charge on any atom is -0.366 e. The third kappa shape index (κ3) is 4.30. The van der Waals surface area contributed by atoms with Crippen molar-refractivity contribution in [2.75, 3.05) is 0 Å². The molecule has 0 aliphatic heterocycles. The van der Waals surface area contributed by atoms with Gasteiger partial charge in [-0.15, -0.1) is 5.56 Å². The van der Waals surface area contributed by atoms with E-state index in [2.05, 4.69) is 6.07 Å². The van der Waals surface area contributed by atoms with Crippen molar-refractivity contribution in [2.24, 2.45) is 0 Å². The van der Waals surface area contributed by atoms with Gasteiger partial charge in [-0.2, -0.15) is 30.3 Å². The van der Waals surface area contributed by atoms with Gasteiger partial charge in [0, 0.05) is 0 Å². The van der Waals surface area contributed by atoms with Crippen molar-refractivity contribution < 1.29 is 31.3 Å². The van der Waals surface area contributed by atoms with Crippen LogP contribution >= 0.6 is 0 Å². The number of aliphatic hydroxyl groups excluding tert-OH is 1. The maximum Gasteiger partial charge on any atom is 2.00 e. The van der Waals surface area contributed by atoms with Crippen molar-refractivity contribution in [2.45, 2.75) is 6.29 Å². The third-order valence-corrected chi connectivity index (χ3v) is 1.04. The summed E-state index contributed by atoms with van der Waals surface area (Å²) < 4.78 is 0. The van der Waals surface area contributed by atoms with Crippen LogP contribution in [0.3, 0.4) is 0 Å². The Balaban J connectivity index is 0. The van der Waals surface area contributed by atoms with Crippen LogP contribution in [-0.2, 0) is 21.1 Å². The molecule has 1 aromatic carbocycles. The number of hydrogen-bond acceptors (Lipinski definition) is 2. The van der Waals surface area contributed by atoms with Crippen molar-refractivity contribution >= 4 is 0 Å². The van der Waals surface area contributed by atoms with Crippen LogP contribution in [0.15, 0.2) is 24.3 Å². The SMILES string of the molecule is OC(O)c1cc[c-]cc1.[CH3-].[W+2]. The van der Waals surface area contributed by atoms with E-state index in [1.165, 1.54) is 0 Å². The summed E-state index contributed by atoms with van der Waals surface area (Å²) >= 11 is 0. The fourth-order valence-corrected chi connectivity index (χ4v) is 0.572. The first-order valence-electron chi connectivity index (χ1n) is 2.63. The Hall–Kier alpha value is -0.172. The standard InChI is InChI=1S/C7H7O2.CH3.W/c8-7(9)6-4-2-1-3-5-6;;/h2-5,7-9H;1H3;/q2*-1;+2. The van der Waals surface area contributed by atoms with Crippen LogP contribution in [0.1, 0.15) is 11.9 Å². The Morgan fingerprint density at radius 2 is 1.64 bits per heavy atom. The van der Waals surface area contributed by atoms with Crippen molar-refractivity contribution in [3.63, 3.8) is 0 Å². The summed E-state index contributed by atoms with van der Waals surface area (Å²) in [5.41, 5.74) is 0.494. The smallest absolute Gasteiger partial charge is 0.366 e. The first-order valence-corrected chi connectivity index (χ1v) is 2.63. The second kappa shape index (κ2) is 6.53. The van der Waals surface area contributed by atoms with E-state index in [1.54, 1.807) is 24.3 Å². The first kappa shape index (κ1) is 13.4. The van der Waals surface area contributed by atoms with Gasteiger partial charge in [0.15, 0.2) is 6.29 Å². The molecule has 3 heteroatoms. The third-order valence-electron chi connectivity index (χ3n) is 1.04. The Morgan fingerprint density at radius 1 is 1.18 bits per heavy atom. The molecule has 1 aromatic rings. The molecule has 0 radical (unpaired) electrons. The predicted molar refractivity (Wildman–Crippen MR) is 38.9 cm³/mol. The van der Waals surface area contributed by atoms with E-state index in [4.69, 9.17) is 10.2 Å². The van der Waals surface area contributed by atoms with Gasteiger partial charge < -0.3 is 17.6 Å². The Bertz CT molecular complexity index is 175. The summed E-state index contributed by atoms with van der Waals surface area (Å²) in [5.74, 6) is 0. The minimum absolute atomic E-state index is 0. The molecule has 0 saturated carbocycles. The summed E-state index contributed by atoms with van der Waals surface area (Å²) in [6.07, 6.45) is -1.36. The van der Waals surface area contributed by atoms with E-state index in [9.17, 15) is 0 Å². The van der Waals surface area contributed by atoms with Gasteiger partial charge in [0.2, 0.25) is 0 Å². The second-order valence-electron chi connectivity index (χ2n) is 1.71. The van der Waals surface area contributed by atoms with E-state index in [0.717, 1.165) is 0 Å². The molecule has 0 atom stereocenters. The molecule has 0 amide bonds. The zero-order valence-corrected chi connectivity index (χ0v) is 9.12. The summed E-state index contributed by atoms with van der Waals surface area (Å²) in [4.78, 5) is 0. The van der Waals surface area contributed by atoms with Crippen LogP contribution in [0.25, 0.3) is 0 Å². The zero-order valence-electron chi connectivity index (χ0n) is 6.19. The Kier molecular flexibility index (Phi) is 7.97. The van der Waals surface area contributed by atoms with Gasteiger partial charge in [-0.1, -0.05) is 0 Å². The maximum atomic E-state index is 8.57. The van der Waals surface area contributed by atoms with Crippen molar-refractivity contribution in [1.29, 1.82) is 0 Å². The molecule has 60 valence electrons. The van der Waals surface area contributed by atoms with Gasteiger partial charge in [-0.25, -0.2) is 0 Å². The number of benzene rings is 1. The van der Waals surface area contributed by atoms with Crippen molar-refractivity contribution in [3.8, 4) is 0 Å². The van der Waals surface area contributed by atoms with Gasteiger partial charge in [-0.3, -0.25) is 0 Å². The molecule has 0 bridgehead atoms. The molecule has 0 aromatic heterocycles. The monoisotopic (exact) mass is 322 g/mol. The second-order valence-corrected chi connectivity index (χ2v) is 1.71. The summed E-state index contributed by atoms with van der Waals surface area (Å²) in [6, 6.07) is 9.24. The molecule has 0 aliphatic rings. The van der Waals surface area contributed by atoms with Crippen LogP contribution in [-0.4, -0.2) is 10.2 Å². The predicted octanol–water partition coefficient (Wildman–Crippen LogP) is 0.918. The Labute approximate surface area is 81.1 Å². The number of hydrogen-bond donors (Lipinski definition) is 2. The summed E-state index contributed by atoms with van der Waals surface area (Å²) in [6.45, 7) is 0. The molecule has 0 unspecified atom stereocenters. The number of aliphatic hydroxyl groups is 2. The molecular weight excluding hydrogens is 312 g/mol. The molecule has 0 heterocycles. The average Bonchev–Trinajstić information content (AvgIpc) is 1.90. The largest absolute Gasteiger partial charge is 2.00 e. The van der Waals surface area contributed by atoms with Crippen molar-refractivity contribution in [1.82, 2.24) is 0 Å². The van der Waals surface area contributed by atoms with Crippen LogP contribution in [0, 0.1) is 13.5 Å². The van der Waals surface area contributed by atoms with Gasteiger partial charge in [0.05, 0.1) is 0 Å². The van der Waals surface area contributed by atoms with E-state index >= 15 is 0 Å². The van der Waals surface area contributed by atoms with Crippen LogP contribution < -0.4 is 0 Å². The van der Waals surface area contributed by atoms with Gasteiger partial charge in [0.25, 0.3) is 0 Å². The van der Waals surface area contributed by atoms with Gasteiger partial charge >= 0.3 is 21.1 Å². The Morgan fingerprint density at radius 3 is 1.91 bits per heavy atom. The van der Waals surface area contributed by atoms with Gasteiger partial charge in [-0.05, 0) is 0 Å². The molecule has 0 saturated heterocycles. The van der Waals surface area contributed by atoms with E-state index in [1.807, 2.05) is 0 Å². The van der Waals surface area contributed by atoms with Crippen LogP contribution in [0.4, 0.5) is 0 Å². The molecule has 1 rings (SSSR count). The minimum atomic E-state index is -1.36. The molecule has 0 aliphatic carbocycles. The normalized spacial score (nSPS) is 8.27. The topological polar surface area (TPSA) is 40.5 Å². The summed E-state index contributed by atoms with van der Waals surface area (Å²) in [7, 11) is 0. The summed E-state index contributed by atoms with van der Waals surface area (Å²) in [5, 5.41) is 17.1. The van der Waals surface area contributed by atoms with Gasteiger partial charge in [0.1, 0.15) is 0 Å². The molecule has 2 N–H and O–H groups in total.